The monoisotopic (exact) mass is 275 g/mol. The number of fused-ring (bicyclic) bond motifs is 1. The number of carbonyl (C=O) groups is 1. The number of nitrogens with zero attached hydrogens (tertiary/aromatic N) is 2. The number of carbonyl (C=O) groups excluding carboxylic acids is 1. The minimum absolute atomic E-state index is 0.0771. The third-order valence-corrected chi connectivity index (χ3v) is 4.75. The van der Waals surface area contributed by atoms with Crippen molar-refractivity contribution in [2.75, 3.05) is 18.8 Å². The number of hydrogen-bond donors (Lipinski definition) is 1. The Labute approximate surface area is 116 Å². The molecule has 19 heavy (non-hydrogen) atoms. The van der Waals surface area contributed by atoms with Crippen molar-refractivity contribution in [1.29, 1.82) is 0 Å². The van der Waals surface area contributed by atoms with Crippen LogP contribution in [0.5, 0.6) is 0 Å². The van der Waals surface area contributed by atoms with E-state index in [2.05, 4.69) is 4.98 Å². The Bertz CT molecular complexity index is 656. The quantitative estimate of drug-likeness (QED) is 0.870. The summed E-state index contributed by atoms with van der Waals surface area (Å²) in [5, 5.41) is 0.943. The molecule has 0 saturated carbocycles. The first-order chi connectivity index (χ1) is 9.08. The molecule has 2 aromatic heterocycles. The third kappa shape index (κ3) is 1.98. The van der Waals surface area contributed by atoms with E-state index in [1.807, 2.05) is 24.8 Å². The Morgan fingerprint density at radius 2 is 2.05 bits per heavy atom. The topological polar surface area (TPSA) is 59.2 Å². The van der Waals surface area contributed by atoms with Crippen molar-refractivity contribution in [3.63, 3.8) is 0 Å². The van der Waals surface area contributed by atoms with Gasteiger partial charge < -0.3 is 10.6 Å². The number of amides is 1. The van der Waals surface area contributed by atoms with Gasteiger partial charge in [-0.25, -0.2) is 0 Å². The Morgan fingerprint density at radius 1 is 1.37 bits per heavy atom. The van der Waals surface area contributed by atoms with Gasteiger partial charge in [0, 0.05) is 34.6 Å². The lowest BCUT2D eigenvalue weighted by Crippen LogP contribution is -2.27. The number of anilines is 1. The Kier molecular flexibility index (Phi) is 2.93. The second-order valence-corrected chi connectivity index (χ2v) is 6.12. The molecule has 0 atom stereocenters. The molecule has 2 aromatic rings. The second-order valence-electron chi connectivity index (χ2n) is 5.07. The number of nitrogens with two attached hydrogens (primary N) is 1. The molecule has 0 aliphatic carbocycles. The van der Waals surface area contributed by atoms with Crippen LogP contribution in [0.3, 0.4) is 0 Å². The average molecular weight is 275 g/mol. The summed E-state index contributed by atoms with van der Waals surface area (Å²) in [5.74, 6) is 0.0771. The summed E-state index contributed by atoms with van der Waals surface area (Å²) in [4.78, 5) is 19.5. The number of nitrogen functional groups attached to an aromatic ring is 1. The van der Waals surface area contributed by atoms with Gasteiger partial charge in [-0.05, 0) is 32.8 Å². The second kappa shape index (κ2) is 4.49. The molecule has 4 nitrogen and oxygen atoms in total. The maximum Gasteiger partial charge on any atom is 0.266 e. The molecule has 0 bridgehead atoms. The first-order valence-electron chi connectivity index (χ1n) is 6.53. The molecule has 1 fully saturated rings. The molecule has 0 radical (unpaired) electrons. The van der Waals surface area contributed by atoms with Crippen molar-refractivity contribution in [1.82, 2.24) is 9.88 Å². The Balaban J connectivity index is 2.12. The zero-order valence-corrected chi connectivity index (χ0v) is 12.0. The zero-order valence-electron chi connectivity index (χ0n) is 11.2. The van der Waals surface area contributed by atoms with Gasteiger partial charge in [-0.2, -0.15) is 0 Å². The molecular weight excluding hydrogens is 258 g/mol. The van der Waals surface area contributed by atoms with E-state index in [-0.39, 0.29) is 5.91 Å². The summed E-state index contributed by atoms with van der Waals surface area (Å²) in [7, 11) is 0. The highest BCUT2D eigenvalue weighted by molar-refractivity contribution is 7.21. The van der Waals surface area contributed by atoms with E-state index < -0.39 is 0 Å². The van der Waals surface area contributed by atoms with Gasteiger partial charge in [0.1, 0.15) is 4.88 Å². The van der Waals surface area contributed by atoms with Crippen LogP contribution in [0.15, 0.2) is 6.07 Å². The first kappa shape index (κ1) is 12.4. The molecule has 1 amide bonds. The molecular formula is C14H17N3OS. The SMILES string of the molecule is Cc1cc2sc(C(=O)N3CCCC3)c(N)c2c(C)n1. The van der Waals surface area contributed by atoms with Crippen LogP contribution in [0.4, 0.5) is 5.69 Å². The maximum atomic E-state index is 12.5. The molecule has 0 unspecified atom stereocenters. The lowest BCUT2D eigenvalue weighted by atomic mass is 10.2. The van der Waals surface area contributed by atoms with Crippen molar-refractivity contribution < 1.29 is 4.79 Å². The van der Waals surface area contributed by atoms with Gasteiger partial charge in [0.15, 0.2) is 0 Å². The van der Waals surface area contributed by atoms with Gasteiger partial charge in [-0.1, -0.05) is 0 Å². The van der Waals surface area contributed by atoms with Gasteiger partial charge in [-0.15, -0.1) is 11.3 Å². The third-order valence-electron chi connectivity index (χ3n) is 3.61. The molecule has 0 aromatic carbocycles. The normalized spacial score (nSPS) is 15.4. The van der Waals surface area contributed by atoms with Gasteiger partial charge in [-0.3, -0.25) is 9.78 Å². The molecule has 5 heteroatoms. The molecule has 3 heterocycles. The molecule has 0 spiro atoms. The van der Waals surface area contributed by atoms with Crippen LogP contribution in [0.25, 0.3) is 10.1 Å². The van der Waals surface area contributed by atoms with Crippen molar-refractivity contribution in [2.24, 2.45) is 0 Å². The number of aryl methyl sites for hydroxylation is 2. The van der Waals surface area contributed by atoms with Gasteiger partial charge >= 0.3 is 0 Å². The van der Waals surface area contributed by atoms with Crippen LogP contribution in [-0.4, -0.2) is 28.9 Å². The van der Waals surface area contributed by atoms with Gasteiger partial charge in [0.25, 0.3) is 5.91 Å². The lowest BCUT2D eigenvalue weighted by molar-refractivity contribution is 0.0798. The number of pyridine rings is 1. The zero-order chi connectivity index (χ0) is 13.6. The van der Waals surface area contributed by atoms with Crippen molar-refractivity contribution >= 4 is 33.0 Å². The molecule has 1 aliphatic rings. The molecule has 1 aliphatic heterocycles. The number of thiophene rings is 1. The van der Waals surface area contributed by atoms with E-state index >= 15 is 0 Å². The first-order valence-corrected chi connectivity index (χ1v) is 7.35. The van der Waals surface area contributed by atoms with Crippen LogP contribution < -0.4 is 5.73 Å². The highest BCUT2D eigenvalue weighted by Gasteiger charge is 2.25. The van der Waals surface area contributed by atoms with E-state index in [1.165, 1.54) is 11.3 Å². The van der Waals surface area contributed by atoms with Crippen LogP contribution >= 0.6 is 11.3 Å². The summed E-state index contributed by atoms with van der Waals surface area (Å²) in [5.41, 5.74) is 8.65. The summed E-state index contributed by atoms with van der Waals surface area (Å²) in [6.07, 6.45) is 2.19. The fraction of sp³-hybridized carbons (Fsp3) is 0.429. The Hall–Kier alpha value is -1.62. The number of likely N-dealkylation sites (tertiary alicyclic amines) is 1. The number of rotatable bonds is 1. The summed E-state index contributed by atoms with van der Waals surface area (Å²) >= 11 is 1.49. The number of hydrogen-bond acceptors (Lipinski definition) is 4. The fourth-order valence-corrected chi connectivity index (χ4v) is 3.94. The molecule has 2 N–H and O–H groups in total. The van der Waals surface area contributed by atoms with Crippen molar-refractivity contribution in [2.45, 2.75) is 26.7 Å². The van der Waals surface area contributed by atoms with E-state index in [1.54, 1.807) is 0 Å². The molecule has 100 valence electrons. The smallest absolute Gasteiger partial charge is 0.266 e. The standard InChI is InChI=1S/C14H17N3OS/c1-8-7-10-11(9(2)16-8)12(15)13(19-10)14(18)17-5-3-4-6-17/h7H,3-6,15H2,1-2H3. The highest BCUT2D eigenvalue weighted by atomic mass is 32.1. The lowest BCUT2D eigenvalue weighted by Gasteiger charge is -2.14. The molecule has 1 saturated heterocycles. The van der Waals surface area contributed by atoms with Crippen LogP contribution in [0.2, 0.25) is 0 Å². The summed E-state index contributed by atoms with van der Waals surface area (Å²) in [6, 6.07) is 2.00. The van der Waals surface area contributed by atoms with E-state index in [0.717, 1.165) is 47.4 Å². The minimum atomic E-state index is 0.0771. The van der Waals surface area contributed by atoms with Crippen LogP contribution in [0.1, 0.15) is 33.9 Å². The average Bonchev–Trinajstić information content (AvgIpc) is 2.96. The van der Waals surface area contributed by atoms with E-state index in [0.29, 0.717) is 10.6 Å². The Morgan fingerprint density at radius 3 is 2.74 bits per heavy atom. The number of aromatic nitrogens is 1. The van der Waals surface area contributed by atoms with Crippen molar-refractivity contribution in [3.8, 4) is 0 Å². The van der Waals surface area contributed by atoms with Crippen LogP contribution in [-0.2, 0) is 0 Å². The minimum Gasteiger partial charge on any atom is -0.397 e. The van der Waals surface area contributed by atoms with Gasteiger partial charge in [0.2, 0.25) is 0 Å². The van der Waals surface area contributed by atoms with Gasteiger partial charge in [0.05, 0.1) is 5.69 Å². The predicted octanol–water partition coefficient (Wildman–Crippen LogP) is 2.73. The predicted molar refractivity (Wildman–Crippen MR) is 78.6 cm³/mol. The van der Waals surface area contributed by atoms with E-state index in [4.69, 9.17) is 5.73 Å². The van der Waals surface area contributed by atoms with Crippen molar-refractivity contribution in [3.05, 3.63) is 22.3 Å². The molecule has 3 rings (SSSR count). The van der Waals surface area contributed by atoms with Crippen LogP contribution in [0, 0.1) is 13.8 Å². The summed E-state index contributed by atoms with van der Waals surface area (Å²) in [6.45, 7) is 5.61. The fourth-order valence-electron chi connectivity index (χ4n) is 2.70. The summed E-state index contributed by atoms with van der Waals surface area (Å²) < 4.78 is 1.06. The highest BCUT2D eigenvalue weighted by Crippen LogP contribution is 2.36. The largest absolute Gasteiger partial charge is 0.397 e. The van der Waals surface area contributed by atoms with E-state index in [9.17, 15) is 4.79 Å². The maximum absolute atomic E-state index is 12.5.